The van der Waals surface area contributed by atoms with Gasteiger partial charge in [0.1, 0.15) is 0 Å². The molecule has 0 bridgehead atoms. The van der Waals surface area contributed by atoms with E-state index in [1.807, 2.05) is 13.8 Å². The maximum atomic E-state index is 5.82. The predicted octanol–water partition coefficient (Wildman–Crippen LogP) is 4.03. The van der Waals surface area contributed by atoms with Crippen molar-refractivity contribution in [3.63, 3.8) is 0 Å². The molecule has 0 fully saturated rings. The molecular formula is C19H27NO2. The molecule has 120 valence electrons. The molecular weight excluding hydrogens is 274 g/mol. The van der Waals surface area contributed by atoms with E-state index < -0.39 is 0 Å². The topological polar surface area (TPSA) is 30.5 Å². The molecule has 2 aliphatic rings. The first kappa shape index (κ1) is 15.4. The molecule has 3 nitrogen and oxygen atoms in total. The Morgan fingerprint density at radius 3 is 2.55 bits per heavy atom. The summed E-state index contributed by atoms with van der Waals surface area (Å²) in [4.78, 5) is 0. The summed E-state index contributed by atoms with van der Waals surface area (Å²) in [6.07, 6.45) is 9.36. The van der Waals surface area contributed by atoms with Crippen LogP contribution < -0.4 is 14.8 Å². The predicted molar refractivity (Wildman–Crippen MR) is 89.7 cm³/mol. The molecule has 3 heteroatoms. The summed E-state index contributed by atoms with van der Waals surface area (Å²) in [5.41, 5.74) is 2.84. The molecule has 0 saturated carbocycles. The normalized spacial score (nSPS) is 23.9. The number of nitrogens with one attached hydrogen (secondary N) is 1. The van der Waals surface area contributed by atoms with Crippen molar-refractivity contribution < 1.29 is 9.47 Å². The summed E-state index contributed by atoms with van der Waals surface area (Å²) in [6, 6.07) is 4.87. The van der Waals surface area contributed by atoms with Gasteiger partial charge in [0.15, 0.2) is 11.5 Å². The Bertz CT molecular complexity index is 538. The lowest BCUT2D eigenvalue weighted by Gasteiger charge is -2.34. The van der Waals surface area contributed by atoms with Crippen molar-refractivity contribution in [2.24, 2.45) is 5.92 Å². The number of benzene rings is 1. The maximum Gasteiger partial charge on any atom is 0.161 e. The fourth-order valence-electron chi connectivity index (χ4n) is 3.67. The number of rotatable bonds is 5. The summed E-state index contributed by atoms with van der Waals surface area (Å²) in [5, 5.41) is 3.74. The second kappa shape index (κ2) is 7.19. The Labute approximate surface area is 133 Å². The molecule has 1 aliphatic carbocycles. The average Bonchev–Trinajstić information content (AvgIpc) is 2.56. The van der Waals surface area contributed by atoms with E-state index in [4.69, 9.17) is 9.47 Å². The Morgan fingerprint density at radius 1 is 1.09 bits per heavy atom. The second-order valence-corrected chi connectivity index (χ2v) is 6.09. The van der Waals surface area contributed by atoms with Gasteiger partial charge in [-0.3, -0.25) is 0 Å². The van der Waals surface area contributed by atoms with Crippen LogP contribution in [0.15, 0.2) is 24.3 Å². The lowest BCUT2D eigenvalue weighted by Crippen LogP contribution is -2.35. The summed E-state index contributed by atoms with van der Waals surface area (Å²) in [6.45, 7) is 6.44. The van der Waals surface area contributed by atoms with Crippen molar-refractivity contribution in [1.82, 2.24) is 5.32 Å². The van der Waals surface area contributed by atoms with Crippen molar-refractivity contribution in [2.75, 3.05) is 19.8 Å². The van der Waals surface area contributed by atoms with Crippen molar-refractivity contribution in [3.05, 3.63) is 35.4 Å². The van der Waals surface area contributed by atoms with Gasteiger partial charge in [0, 0.05) is 6.04 Å². The molecule has 22 heavy (non-hydrogen) atoms. The Balaban J connectivity index is 1.94. The van der Waals surface area contributed by atoms with Gasteiger partial charge in [-0.2, -0.15) is 0 Å². The molecule has 2 atom stereocenters. The van der Waals surface area contributed by atoms with Crippen LogP contribution in [-0.4, -0.2) is 19.8 Å². The number of hydrogen-bond acceptors (Lipinski definition) is 3. The average molecular weight is 301 g/mol. The van der Waals surface area contributed by atoms with Crippen molar-refractivity contribution in [3.8, 4) is 11.5 Å². The van der Waals surface area contributed by atoms with Gasteiger partial charge in [-0.25, -0.2) is 0 Å². The van der Waals surface area contributed by atoms with Gasteiger partial charge in [0.2, 0.25) is 0 Å². The van der Waals surface area contributed by atoms with E-state index in [-0.39, 0.29) is 0 Å². The molecule has 0 amide bonds. The molecule has 0 unspecified atom stereocenters. The van der Waals surface area contributed by atoms with Crippen molar-refractivity contribution in [2.45, 2.75) is 45.6 Å². The van der Waals surface area contributed by atoms with Crippen molar-refractivity contribution >= 4 is 0 Å². The minimum absolute atomic E-state index is 0.448. The molecule has 1 aromatic carbocycles. The molecule has 1 N–H and O–H groups in total. The zero-order valence-corrected chi connectivity index (χ0v) is 13.7. The SMILES string of the molecule is CCOc1cc2c(cc1OCC)[C@H]([C@@H]1CC=CCC1)NCC2. The Morgan fingerprint density at radius 2 is 1.86 bits per heavy atom. The van der Waals surface area contributed by atoms with Crippen LogP contribution >= 0.6 is 0 Å². The Kier molecular flexibility index (Phi) is 5.04. The van der Waals surface area contributed by atoms with E-state index in [0.29, 0.717) is 25.2 Å². The summed E-state index contributed by atoms with van der Waals surface area (Å²) in [7, 11) is 0. The van der Waals surface area contributed by atoms with Crippen LogP contribution in [0.25, 0.3) is 0 Å². The number of hydrogen-bond donors (Lipinski definition) is 1. The van der Waals surface area contributed by atoms with Gasteiger partial charge in [0.25, 0.3) is 0 Å². The molecule has 3 rings (SSSR count). The van der Waals surface area contributed by atoms with E-state index >= 15 is 0 Å². The van der Waals surface area contributed by atoms with Gasteiger partial charge in [-0.15, -0.1) is 0 Å². The zero-order valence-electron chi connectivity index (χ0n) is 13.7. The van der Waals surface area contributed by atoms with Gasteiger partial charge in [-0.05, 0) is 75.3 Å². The first-order valence-electron chi connectivity index (χ1n) is 8.64. The van der Waals surface area contributed by atoms with E-state index in [1.54, 1.807) is 0 Å². The van der Waals surface area contributed by atoms with Crippen LogP contribution in [0.5, 0.6) is 11.5 Å². The fourth-order valence-corrected chi connectivity index (χ4v) is 3.67. The highest BCUT2D eigenvalue weighted by Crippen LogP contribution is 2.40. The van der Waals surface area contributed by atoms with E-state index in [9.17, 15) is 0 Å². The van der Waals surface area contributed by atoms with Gasteiger partial charge in [-0.1, -0.05) is 12.2 Å². The first-order valence-corrected chi connectivity index (χ1v) is 8.64. The molecule has 0 radical (unpaired) electrons. The van der Waals surface area contributed by atoms with Crippen LogP contribution in [0, 0.1) is 5.92 Å². The third-order valence-electron chi connectivity index (χ3n) is 4.68. The molecule has 0 aromatic heterocycles. The highest BCUT2D eigenvalue weighted by molar-refractivity contribution is 5.49. The number of ether oxygens (including phenoxy) is 2. The summed E-state index contributed by atoms with van der Waals surface area (Å²) >= 11 is 0. The van der Waals surface area contributed by atoms with Crippen LogP contribution in [0.3, 0.4) is 0 Å². The standard InChI is InChI=1S/C19H27NO2/c1-3-21-17-12-15-10-11-20-19(14-8-6-5-7-9-14)16(15)13-18(17)22-4-2/h5-6,12-14,19-20H,3-4,7-11H2,1-2H3/t14-,19+/m1/s1. The maximum absolute atomic E-state index is 5.82. The van der Waals surface area contributed by atoms with Gasteiger partial charge >= 0.3 is 0 Å². The Hall–Kier alpha value is -1.48. The highest BCUT2D eigenvalue weighted by Gasteiger charge is 2.29. The number of fused-ring (bicyclic) bond motifs is 1. The molecule has 1 aromatic rings. The highest BCUT2D eigenvalue weighted by atomic mass is 16.5. The third-order valence-corrected chi connectivity index (χ3v) is 4.68. The van der Waals surface area contributed by atoms with Crippen LogP contribution in [0.4, 0.5) is 0 Å². The molecule has 0 saturated heterocycles. The summed E-state index contributed by atoms with van der Waals surface area (Å²) < 4.78 is 11.6. The minimum Gasteiger partial charge on any atom is -0.490 e. The molecule has 0 spiro atoms. The quantitative estimate of drug-likeness (QED) is 0.833. The van der Waals surface area contributed by atoms with Crippen LogP contribution in [-0.2, 0) is 6.42 Å². The van der Waals surface area contributed by atoms with E-state index in [2.05, 4.69) is 29.6 Å². The number of allylic oxidation sites excluding steroid dienone is 2. The second-order valence-electron chi connectivity index (χ2n) is 6.09. The van der Waals surface area contributed by atoms with E-state index in [1.165, 1.54) is 30.4 Å². The fraction of sp³-hybridized carbons (Fsp3) is 0.579. The van der Waals surface area contributed by atoms with Gasteiger partial charge in [0.05, 0.1) is 13.2 Å². The van der Waals surface area contributed by atoms with Crippen LogP contribution in [0.1, 0.15) is 50.3 Å². The molecule has 1 aliphatic heterocycles. The van der Waals surface area contributed by atoms with E-state index in [0.717, 1.165) is 24.5 Å². The van der Waals surface area contributed by atoms with Gasteiger partial charge < -0.3 is 14.8 Å². The third kappa shape index (κ3) is 3.14. The van der Waals surface area contributed by atoms with Crippen LogP contribution in [0.2, 0.25) is 0 Å². The monoisotopic (exact) mass is 301 g/mol. The lowest BCUT2D eigenvalue weighted by molar-refractivity contribution is 0.282. The first-order chi connectivity index (χ1) is 10.8. The summed E-state index contributed by atoms with van der Waals surface area (Å²) in [5.74, 6) is 2.48. The zero-order chi connectivity index (χ0) is 15.4. The largest absolute Gasteiger partial charge is 0.490 e. The smallest absolute Gasteiger partial charge is 0.161 e. The van der Waals surface area contributed by atoms with Crippen molar-refractivity contribution in [1.29, 1.82) is 0 Å². The minimum atomic E-state index is 0.448. The lowest BCUT2D eigenvalue weighted by atomic mass is 9.80. The molecule has 1 heterocycles.